The number of hydrazine groups is 1. The van der Waals surface area contributed by atoms with Gasteiger partial charge in [0.15, 0.2) is 0 Å². The Balaban J connectivity index is 1.79. The van der Waals surface area contributed by atoms with Crippen molar-refractivity contribution in [2.45, 2.75) is 45.3 Å². The fourth-order valence-electron chi connectivity index (χ4n) is 5.04. The minimum Gasteiger partial charge on any atom is -0.507 e. The van der Waals surface area contributed by atoms with Crippen molar-refractivity contribution in [1.29, 1.82) is 0 Å². The molecule has 2 saturated heterocycles. The molecular weight excluding hydrogens is 394 g/mol. The van der Waals surface area contributed by atoms with Crippen LogP contribution in [0.5, 0.6) is 11.5 Å². The zero-order chi connectivity index (χ0) is 22.1. The summed E-state index contributed by atoms with van der Waals surface area (Å²) in [6, 6.07) is 10.9. The first-order chi connectivity index (χ1) is 15.0. The van der Waals surface area contributed by atoms with E-state index >= 15 is 0 Å². The number of benzene rings is 2. The summed E-state index contributed by atoms with van der Waals surface area (Å²) in [6.45, 7) is 6.90. The molecule has 4 rings (SSSR count). The van der Waals surface area contributed by atoms with Crippen molar-refractivity contribution >= 4 is 5.91 Å². The van der Waals surface area contributed by atoms with Crippen molar-refractivity contribution in [3.05, 3.63) is 58.7 Å². The number of phenolic OH excluding ortho intramolecular Hbond substituents is 1. The third kappa shape index (κ3) is 3.89. The molecular formula is C24H31N3O4. The van der Waals surface area contributed by atoms with Crippen LogP contribution in [0.1, 0.15) is 47.7 Å². The lowest BCUT2D eigenvalue weighted by Gasteiger charge is -2.32. The zero-order valence-electron chi connectivity index (χ0n) is 18.3. The van der Waals surface area contributed by atoms with Crippen LogP contribution in [0.4, 0.5) is 0 Å². The van der Waals surface area contributed by atoms with Gasteiger partial charge in [0.05, 0.1) is 18.7 Å². The van der Waals surface area contributed by atoms with Gasteiger partial charge in [0.2, 0.25) is 5.91 Å². The van der Waals surface area contributed by atoms with Crippen molar-refractivity contribution in [3.8, 4) is 11.5 Å². The van der Waals surface area contributed by atoms with Crippen LogP contribution in [0, 0.1) is 19.8 Å². The van der Waals surface area contributed by atoms with E-state index in [9.17, 15) is 15.0 Å². The number of aromatic hydroxyl groups is 1. The topological polar surface area (TPSA) is 94.1 Å². The number of aliphatic hydroxyl groups excluding tert-OH is 1. The predicted octanol–water partition coefficient (Wildman–Crippen LogP) is 2.51. The highest BCUT2D eigenvalue weighted by Crippen LogP contribution is 2.49. The average Bonchev–Trinajstić information content (AvgIpc) is 3.28. The number of ether oxygens (including phenoxy) is 1. The highest BCUT2D eigenvalue weighted by atomic mass is 16.5. The first-order valence-electron chi connectivity index (χ1n) is 10.9. The van der Waals surface area contributed by atoms with E-state index in [-0.39, 0.29) is 36.3 Å². The molecule has 31 heavy (non-hydrogen) atoms. The predicted molar refractivity (Wildman–Crippen MR) is 118 cm³/mol. The van der Waals surface area contributed by atoms with Gasteiger partial charge in [0.25, 0.3) is 0 Å². The fraction of sp³-hybridized carbons (Fsp3) is 0.458. The molecule has 7 nitrogen and oxygen atoms in total. The Morgan fingerprint density at radius 3 is 2.65 bits per heavy atom. The Kier molecular flexibility index (Phi) is 6.18. The fourth-order valence-corrected chi connectivity index (χ4v) is 5.04. The third-order valence-corrected chi connectivity index (χ3v) is 6.29. The van der Waals surface area contributed by atoms with Crippen molar-refractivity contribution < 1.29 is 19.7 Å². The number of aliphatic hydroxyl groups is 1. The largest absolute Gasteiger partial charge is 0.507 e. The molecule has 0 radical (unpaired) electrons. The molecule has 0 saturated carbocycles. The summed E-state index contributed by atoms with van der Waals surface area (Å²) in [5.41, 5.74) is 10.1. The molecule has 7 heteroatoms. The molecule has 4 N–H and O–H groups in total. The van der Waals surface area contributed by atoms with Gasteiger partial charge in [-0.2, -0.15) is 0 Å². The number of hydrogen-bond donors (Lipinski definition) is 4. The smallest absolute Gasteiger partial charge is 0.242 e. The lowest BCUT2D eigenvalue weighted by molar-refractivity contribution is -0.130. The Bertz CT molecular complexity index is 964. The van der Waals surface area contributed by atoms with E-state index < -0.39 is 6.04 Å². The first kappa shape index (κ1) is 21.6. The maximum absolute atomic E-state index is 13.3. The van der Waals surface area contributed by atoms with Gasteiger partial charge in [-0.25, -0.2) is 10.9 Å². The van der Waals surface area contributed by atoms with Gasteiger partial charge >= 0.3 is 0 Å². The summed E-state index contributed by atoms with van der Waals surface area (Å²) in [6.07, 6.45) is 0.514. The van der Waals surface area contributed by atoms with Crippen LogP contribution in [-0.2, 0) is 4.79 Å². The molecule has 2 aromatic rings. The number of likely N-dealkylation sites (tertiary alicyclic amines) is 1. The zero-order valence-corrected chi connectivity index (χ0v) is 18.3. The molecule has 1 amide bonds. The van der Waals surface area contributed by atoms with Gasteiger partial charge in [-0.15, -0.1) is 0 Å². The summed E-state index contributed by atoms with van der Waals surface area (Å²) in [4.78, 5) is 15.2. The standard InChI is InChI=1S/C24H31N3O4/c1-4-31-17-8-5-7-16(13-17)22-19-20(18-12-14(2)11-15(3)23(18)29)25-26-21(19)24(30)27(22)9-6-10-28/h5,7-8,11-13,19-22,25-26,28-29H,4,6,9-10H2,1-3H3. The van der Waals surface area contributed by atoms with Crippen LogP contribution in [-0.4, -0.2) is 46.8 Å². The van der Waals surface area contributed by atoms with Crippen LogP contribution in [0.15, 0.2) is 36.4 Å². The van der Waals surface area contributed by atoms with Crippen LogP contribution in [0.25, 0.3) is 0 Å². The van der Waals surface area contributed by atoms with Crippen LogP contribution >= 0.6 is 0 Å². The van der Waals surface area contributed by atoms with E-state index in [1.165, 1.54) is 0 Å². The number of nitrogens with one attached hydrogen (secondary N) is 2. The average molecular weight is 426 g/mol. The number of amides is 1. The molecule has 4 atom stereocenters. The Hall–Kier alpha value is -2.61. The normalized spacial score (nSPS) is 25.2. The van der Waals surface area contributed by atoms with E-state index in [1.54, 1.807) is 0 Å². The second kappa shape index (κ2) is 8.86. The summed E-state index contributed by atoms with van der Waals surface area (Å²) in [5, 5.41) is 20.2. The van der Waals surface area contributed by atoms with Gasteiger partial charge in [-0.3, -0.25) is 4.79 Å². The third-order valence-electron chi connectivity index (χ3n) is 6.29. The minimum atomic E-state index is -0.412. The summed E-state index contributed by atoms with van der Waals surface area (Å²) in [5.74, 6) is 0.899. The van der Waals surface area contributed by atoms with Crippen LogP contribution in [0.2, 0.25) is 0 Å². The lowest BCUT2D eigenvalue weighted by Crippen LogP contribution is -2.41. The van der Waals surface area contributed by atoms with Crippen molar-refractivity contribution in [2.24, 2.45) is 5.92 Å². The molecule has 2 aliphatic rings. The Labute approximate surface area is 183 Å². The molecule has 0 aliphatic carbocycles. The van der Waals surface area contributed by atoms with E-state index in [4.69, 9.17) is 4.74 Å². The molecule has 2 heterocycles. The van der Waals surface area contributed by atoms with E-state index in [0.717, 1.165) is 28.0 Å². The number of phenols is 1. The van der Waals surface area contributed by atoms with Gasteiger partial charge in [-0.1, -0.05) is 29.8 Å². The number of hydrogen-bond acceptors (Lipinski definition) is 6. The quantitative estimate of drug-likeness (QED) is 0.545. The summed E-state index contributed by atoms with van der Waals surface area (Å²) < 4.78 is 5.71. The Morgan fingerprint density at radius 1 is 1.13 bits per heavy atom. The van der Waals surface area contributed by atoms with E-state index in [0.29, 0.717) is 19.6 Å². The molecule has 2 fully saturated rings. The number of nitrogens with zero attached hydrogens (tertiary/aromatic N) is 1. The van der Waals surface area contributed by atoms with Gasteiger partial charge in [-0.05, 0) is 50.5 Å². The summed E-state index contributed by atoms with van der Waals surface area (Å²) in [7, 11) is 0. The number of carbonyl (C=O) groups is 1. The summed E-state index contributed by atoms with van der Waals surface area (Å²) >= 11 is 0. The highest BCUT2D eigenvalue weighted by molar-refractivity contribution is 5.86. The monoisotopic (exact) mass is 425 g/mol. The molecule has 2 aromatic carbocycles. The highest BCUT2D eigenvalue weighted by Gasteiger charge is 2.55. The van der Waals surface area contributed by atoms with Crippen molar-refractivity contribution in [2.75, 3.05) is 19.8 Å². The molecule has 0 bridgehead atoms. The van der Waals surface area contributed by atoms with E-state index in [1.807, 2.05) is 62.1 Å². The molecule has 2 aliphatic heterocycles. The number of aryl methyl sites for hydroxylation is 2. The molecule has 0 spiro atoms. The molecule has 4 unspecified atom stereocenters. The second-order valence-electron chi connectivity index (χ2n) is 8.40. The van der Waals surface area contributed by atoms with E-state index in [2.05, 4.69) is 10.9 Å². The van der Waals surface area contributed by atoms with Crippen LogP contribution < -0.4 is 15.6 Å². The number of fused-ring (bicyclic) bond motifs is 1. The van der Waals surface area contributed by atoms with Gasteiger partial charge in [0.1, 0.15) is 17.5 Å². The molecule has 0 aromatic heterocycles. The van der Waals surface area contributed by atoms with Crippen LogP contribution in [0.3, 0.4) is 0 Å². The number of carbonyl (C=O) groups excluding carboxylic acids is 1. The van der Waals surface area contributed by atoms with Crippen molar-refractivity contribution in [1.82, 2.24) is 15.8 Å². The maximum atomic E-state index is 13.3. The SMILES string of the molecule is CCOc1cccc(C2C3C(NNC3c3cc(C)cc(C)c3O)C(=O)N2CCCO)c1. The minimum absolute atomic E-state index is 0.00382. The number of rotatable bonds is 7. The van der Waals surface area contributed by atoms with Gasteiger partial charge < -0.3 is 19.8 Å². The lowest BCUT2D eigenvalue weighted by atomic mass is 9.82. The maximum Gasteiger partial charge on any atom is 0.242 e. The van der Waals surface area contributed by atoms with Gasteiger partial charge in [0, 0.05) is 24.6 Å². The van der Waals surface area contributed by atoms with Crippen molar-refractivity contribution in [3.63, 3.8) is 0 Å². The first-order valence-corrected chi connectivity index (χ1v) is 10.9. The second-order valence-corrected chi connectivity index (χ2v) is 8.40. The molecule has 166 valence electrons. The Morgan fingerprint density at radius 2 is 1.90 bits per heavy atom.